The number of hydrogen-bond acceptors (Lipinski definition) is 3. The summed E-state index contributed by atoms with van der Waals surface area (Å²) >= 11 is 0. The van der Waals surface area contributed by atoms with E-state index in [1.165, 1.54) is 27.8 Å². The lowest BCUT2D eigenvalue weighted by Crippen LogP contribution is -2.42. The average molecular weight is 570 g/mol. The summed E-state index contributed by atoms with van der Waals surface area (Å²) in [7, 11) is 0. The summed E-state index contributed by atoms with van der Waals surface area (Å²) < 4.78 is 6.57. The Balaban J connectivity index is 1.36. The Bertz CT molecular complexity index is 1600. The number of piperazine rings is 1. The van der Waals surface area contributed by atoms with E-state index in [0.29, 0.717) is 6.61 Å². The van der Waals surface area contributed by atoms with Gasteiger partial charge in [-0.1, -0.05) is 98.1 Å². The van der Waals surface area contributed by atoms with Gasteiger partial charge in [-0.05, 0) is 59.4 Å². The molecule has 0 spiro atoms. The first-order valence-electron chi connectivity index (χ1n) is 15.3. The summed E-state index contributed by atoms with van der Waals surface area (Å²) in [4.78, 5) is 5.91. The van der Waals surface area contributed by atoms with E-state index in [9.17, 15) is 0 Å². The minimum absolute atomic E-state index is 0.591. The van der Waals surface area contributed by atoms with Crippen molar-refractivity contribution in [3.8, 4) is 28.0 Å². The second-order valence-electron chi connectivity index (χ2n) is 10.9. The predicted molar refractivity (Wildman–Crippen MR) is 185 cm³/mol. The molecule has 3 aromatic carbocycles. The summed E-state index contributed by atoms with van der Waals surface area (Å²) in [5, 5.41) is 3.45. The summed E-state index contributed by atoms with van der Waals surface area (Å²) in [5.41, 5.74) is 11.6. The molecule has 4 heteroatoms. The van der Waals surface area contributed by atoms with Crippen LogP contribution in [-0.2, 0) is 13.0 Å². The molecule has 0 atom stereocenters. The van der Waals surface area contributed by atoms with E-state index in [1.807, 2.05) is 32.1 Å². The summed E-state index contributed by atoms with van der Waals surface area (Å²) in [6.45, 7) is 17.9. The smallest absolute Gasteiger partial charge is 0.127 e. The second kappa shape index (κ2) is 14.7. The van der Waals surface area contributed by atoms with Gasteiger partial charge in [0.1, 0.15) is 5.75 Å². The van der Waals surface area contributed by atoms with E-state index in [1.54, 1.807) is 0 Å². The zero-order valence-electron chi connectivity index (χ0n) is 25.5. The van der Waals surface area contributed by atoms with Gasteiger partial charge < -0.3 is 15.0 Å². The molecule has 5 rings (SSSR count). The van der Waals surface area contributed by atoms with Crippen LogP contribution in [-0.4, -0.2) is 42.7 Å². The van der Waals surface area contributed by atoms with Gasteiger partial charge in [0.2, 0.25) is 0 Å². The first-order chi connectivity index (χ1) is 21.1. The fourth-order valence-electron chi connectivity index (χ4n) is 5.85. The Morgan fingerprint density at radius 3 is 2.28 bits per heavy atom. The van der Waals surface area contributed by atoms with Gasteiger partial charge in [-0.15, -0.1) is 0 Å². The molecule has 0 bridgehead atoms. The molecule has 1 aliphatic rings. The van der Waals surface area contributed by atoms with Crippen molar-refractivity contribution in [3.63, 3.8) is 0 Å². The Kier molecular flexibility index (Phi) is 10.3. The maximum absolute atomic E-state index is 6.57. The molecule has 0 aliphatic carbocycles. The average Bonchev–Trinajstić information content (AvgIpc) is 3.44. The van der Waals surface area contributed by atoms with E-state index in [4.69, 9.17) is 4.74 Å². The largest absolute Gasteiger partial charge is 0.493 e. The summed E-state index contributed by atoms with van der Waals surface area (Å²) in [6.07, 6.45) is 15.1. The molecule has 0 amide bonds. The summed E-state index contributed by atoms with van der Waals surface area (Å²) in [5.74, 6) is 0.912. The van der Waals surface area contributed by atoms with E-state index >= 15 is 0 Å². The molecule has 1 aliphatic heterocycles. The summed E-state index contributed by atoms with van der Waals surface area (Å²) in [6, 6.07) is 21.9. The van der Waals surface area contributed by atoms with Crippen LogP contribution in [0.2, 0.25) is 0 Å². The second-order valence-corrected chi connectivity index (χ2v) is 10.9. The molecule has 0 unspecified atom stereocenters. The molecule has 4 aromatic rings. The number of allylic oxidation sites excluding steroid dienone is 2. The van der Waals surface area contributed by atoms with Crippen LogP contribution in [0, 0.1) is 0 Å². The third kappa shape index (κ3) is 7.16. The molecule has 1 fully saturated rings. The molecule has 0 radical (unpaired) electrons. The number of aromatic nitrogens is 1. The fraction of sp³-hybridized carbons (Fsp3) is 0.231. The zero-order chi connectivity index (χ0) is 30.0. The minimum Gasteiger partial charge on any atom is -0.493 e. The van der Waals surface area contributed by atoms with Crippen molar-refractivity contribution >= 4 is 24.3 Å². The monoisotopic (exact) mass is 569 g/mol. The zero-order valence-corrected chi connectivity index (χ0v) is 25.5. The van der Waals surface area contributed by atoms with Crippen molar-refractivity contribution in [2.75, 3.05) is 32.8 Å². The Morgan fingerprint density at radius 2 is 1.56 bits per heavy atom. The van der Waals surface area contributed by atoms with Crippen molar-refractivity contribution in [2.45, 2.75) is 26.8 Å². The molecule has 0 saturated carbocycles. The van der Waals surface area contributed by atoms with Crippen LogP contribution < -0.4 is 10.1 Å². The number of aromatic amines is 1. The highest BCUT2D eigenvalue weighted by Crippen LogP contribution is 2.36. The van der Waals surface area contributed by atoms with Gasteiger partial charge in [-0.25, -0.2) is 0 Å². The fourth-order valence-corrected chi connectivity index (χ4v) is 5.85. The van der Waals surface area contributed by atoms with Crippen molar-refractivity contribution in [3.05, 3.63) is 126 Å². The van der Waals surface area contributed by atoms with Crippen molar-refractivity contribution in [2.24, 2.45) is 0 Å². The maximum atomic E-state index is 6.57. The third-order valence-corrected chi connectivity index (χ3v) is 8.05. The Labute approximate surface area is 257 Å². The van der Waals surface area contributed by atoms with E-state index in [0.717, 1.165) is 72.8 Å². The Morgan fingerprint density at radius 1 is 0.814 bits per heavy atom. The first kappa shape index (κ1) is 30.1. The van der Waals surface area contributed by atoms with Crippen LogP contribution in [0.25, 0.3) is 46.6 Å². The number of ether oxygens (including phenoxy) is 1. The van der Waals surface area contributed by atoms with Gasteiger partial charge in [-0.2, -0.15) is 0 Å². The van der Waals surface area contributed by atoms with Gasteiger partial charge >= 0.3 is 0 Å². The highest BCUT2D eigenvalue weighted by Gasteiger charge is 2.16. The van der Waals surface area contributed by atoms with Crippen LogP contribution in [0.1, 0.15) is 47.4 Å². The molecular weight excluding hydrogens is 526 g/mol. The molecular formula is C39H43N3O. The molecule has 1 saturated heterocycles. The first-order valence-corrected chi connectivity index (χ1v) is 15.3. The molecule has 4 nitrogen and oxygen atoms in total. The van der Waals surface area contributed by atoms with E-state index in [-0.39, 0.29) is 0 Å². The minimum atomic E-state index is 0.591. The van der Waals surface area contributed by atoms with Crippen LogP contribution in [0.5, 0.6) is 5.75 Å². The number of hydrogen-bond donors (Lipinski definition) is 2. The number of nitrogens with zero attached hydrogens (tertiary/aromatic N) is 1. The maximum Gasteiger partial charge on any atom is 0.127 e. The highest BCUT2D eigenvalue weighted by atomic mass is 16.5. The van der Waals surface area contributed by atoms with Gasteiger partial charge in [-0.3, -0.25) is 4.90 Å². The Hall–Kier alpha value is -4.38. The number of nitrogens with one attached hydrogen (secondary N) is 2. The van der Waals surface area contributed by atoms with Crippen molar-refractivity contribution in [1.82, 2.24) is 15.2 Å². The van der Waals surface area contributed by atoms with E-state index < -0.39 is 0 Å². The number of H-pyrrole nitrogens is 1. The van der Waals surface area contributed by atoms with Crippen LogP contribution in [0.4, 0.5) is 0 Å². The van der Waals surface area contributed by atoms with Crippen LogP contribution >= 0.6 is 0 Å². The predicted octanol–water partition coefficient (Wildman–Crippen LogP) is 8.73. The van der Waals surface area contributed by atoms with Crippen LogP contribution in [0.3, 0.4) is 0 Å². The molecule has 220 valence electrons. The lowest BCUT2D eigenvalue weighted by molar-refractivity contribution is 0.232. The lowest BCUT2D eigenvalue weighted by atomic mass is 9.94. The standard InChI is InChI=1S/C39H43N3O/c1-5-10-31-12-9-13-35(33(31)7-3)32-17-14-29(15-18-32)20-25-43-39-26-30(28-42-23-21-40-22-24-42)16-19-36(39)37-27-41-38(11-6-2)34(37)8-4/h5-19,26-27,40-41H,3-4,20-25,28H2,1-2H3/b10-5-,11-6-. The van der Waals surface area contributed by atoms with Gasteiger partial charge in [0.15, 0.2) is 0 Å². The van der Waals surface area contributed by atoms with Gasteiger partial charge in [0.25, 0.3) is 0 Å². The van der Waals surface area contributed by atoms with Crippen molar-refractivity contribution in [1.29, 1.82) is 0 Å². The van der Waals surface area contributed by atoms with Gasteiger partial charge in [0, 0.05) is 67.7 Å². The van der Waals surface area contributed by atoms with Gasteiger partial charge in [0.05, 0.1) is 6.61 Å². The van der Waals surface area contributed by atoms with Crippen LogP contribution in [0.15, 0.2) is 92.2 Å². The molecule has 1 aromatic heterocycles. The molecule has 43 heavy (non-hydrogen) atoms. The third-order valence-electron chi connectivity index (χ3n) is 8.05. The molecule has 2 heterocycles. The number of rotatable bonds is 12. The SMILES string of the molecule is C=Cc1c(/C=C\C)cccc1-c1ccc(CCOc2cc(CN3CCNCC3)ccc2-c2c[nH]c(/C=C\C)c2C=C)cc1. The van der Waals surface area contributed by atoms with E-state index in [2.05, 4.69) is 113 Å². The normalized spacial score (nSPS) is 14.0. The lowest BCUT2D eigenvalue weighted by Gasteiger charge is -2.27. The van der Waals surface area contributed by atoms with Crippen molar-refractivity contribution < 1.29 is 4.74 Å². The number of benzene rings is 3. The topological polar surface area (TPSA) is 40.3 Å². The quantitative estimate of drug-likeness (QED) is 0.179. The molecule has 2 N–H and O–H groups in total. The highest BCUT2D eigenvalue weighted by molar-refractivity contribution is 5.83.